The third-order valence-electron chi connectivity index (χ3n) is 5.90. The summed E-state index contributed by atoms with van der Waals surface area (Å²) in [4.78, 5) is 18.6. The molecule has 1 unspecified atom stereocenters. The number of likely N-dealkylation sites (N-methyl/N-ethyl adjacent to an activating group) is 1. The third-order valence-corrected chi connectivity index (χ3v) is 5.90. The van der Waals surface area contributed by atoms with Gasteiger partial charge in [-0.2, -0.15) is 0 Å². The Bertz CT molecular complexity index is 974. The van der Waals surface area contributed by atoms with Gasteiger partial charge in [-0.1, -0.05) is 43.8 Å². The van der Waals surface area contributed by atoms with E-state index in [0.717, 1.165) is 73.8 Å². The number of hydrogen-bond acceptors (Lipinski definition) is 3. The van der Waals surface area contributed by atoms with Crippen LogP contribution in [0.5, 0.6) is 0 Å². The SMILES string of the molecule is CCCCC#Cc1ccc2[nH]c3c(c2c1)CN(C)C/C(CC)=C\CCC3C(=O)OC. The number of carbonyl (C=O) groups is 1. The molecule has 3 rings (SSSR count). The second-order valence-electron chi connectivity index (χ2n) is 8.22. The summed E-state index contributed by atoms with van der Waals surface area (Å²) < 4.78 is 5.18. The molecular weight excluding hydrogens is 372 g/mol. The maximum Gasteiger partial charge on any atom is 0.314 e. The van der Waals surface area contributed by atoms with E-state index in [1.807, 2.05) is 0 Å². The van der Waals surface area contributed by atoms with Gasteiger partial charge >= 0.3 is 5.97 Å². The maximum atomic E-state index is 12.7. The van der Waals surface area contributed by atoms with Crippen molar-refractivity contribution in [1.29, 1.82) is 0 Å². The highest BCUT2D eigenvalue weighted by Gasteiger charge is 2.28. The van der Waals surface area contributed by atoms with E-state index in [1.54, 1.807) is 0 Å². The van der Waals surface area contributed by atoms with Crippen molar-refractivity contribution in [2.75, 3.05) is 20.7 Å². The standard InChI is InChI=1S/C26H34N2O2/c1-5-7-8-9-11-20-14-15-24-22(16-20)23-18-28(3)17-19(6-2)12-10-13-21(25(23)27-24)26(29)30-4/h12,14-16,21,27H,5-8,10,13,17-18H2,1-4H3/b19-12-. The Kier molecular flexibility index (Phi) is 7.76. The van der Waals surface area contributed by atoms with Gasteiger partial charge in [0.2, 0.25) is 0 Å². The highest BCUT2D eigenvalue weighted by Crippen LogP contribution is 2.34. The molecule has 2 heterocycles. The lowest BCUT2D eigenvalue weighted by atomic mass is 9.93. The first-order valence-corrected chi connectivity index (χ1v) is 11.1. The topological polar surface area (TPSA) is 45.3 Å². The van der Waals surface area contributed by atoms with Crippen LogP contribution in [0.4, 0.5) is 0 Å². The van der Waals surface area contributed by atoms with Gasteiger partial charge in [-0.05, 0) is 56.5 Å². The Morgan fingerprint density at radius 2 is 2.13 bits per heavy atom. The molecule has 1 atom stereocenters. The molecule has 2 aromatic rings. The fourth-order valence-corrected chi connectivity index (χ4v) is 4.21. The van der Waals surface area contributed by atoms with Gasteiger partial charge in [-0.25, -0.2) is 0 Å². The lowest BCUT2D eigenvalue weighted by Crippen LogP contribution is -2.24. The zero-order valence-corrected chi connectivity index (χ0v) is 18.8. The molecule has 30 heavy (non-hydrogen) atoms. The fraction of sp³-hybridized carbons (Fsp3) is 0.500. The molecular formula is C26H34N2O2. The highest BCUT2D eigenvalue weighted by molar-refractivity contribution is 5.89. The molecule has 0 aliphatic carbocycles. The first kappa shape index (κ1) is 22.2. The van der Waals surface area contributed by atoms with E-state index in [4.69, 9.17) is 4.74 Å². The van der Waals surface area contributed by atoms with Gasteiger partial charge in [0.15, 0.2) is 0 Å². The number of carbonyl (C=O) groups excluding carboxylic acids is 1. The van der Waals surface area contributed by atoms with E-state index in [2.05, 4.69) is 66.9 Å². The molecule has 160 valence electrons. The minimum absolute atomic E-state index is 0.169. The van der Waals surface area contributed by atoms with E-state index in [0.29, 0.717) is 0 Å². The van der Waals surface area contributed by atoms with Crippen molar-refractivity contribution >= 4 is 16.9 Å². The van der Waals surface area contributed by atoms with Crippen molar-refractivity contribution in [2.45, 2.75) is 64.8 Å². The average Bonchev–Trinajstić information content (AvgIpc) is 3.10. The number of aromatic nitrogens is 1. The molecule has 0 saturated heterocycles. The molecule has 1 aliphatic rings. The molecule has 4 nitrogen and oxygen atoms in total. The van der Waals surface area contributed by atoms with Crippen LogP contribution in [0.25, 0.3) is 10.9 Å². The van der Waals surface area contributed by atoms with Gasteiger partial charge in [0.25, 0.3) is 0 Å². The van der Waals surface area contributed by atoms with Crippen LogP contribution in [-0.2, 0) is 16.1 Å². The fourth-order valence-electron chi connectivity index (χ4n) is 4.21. The van der Waals surface area contributed by atoms with Crippen LogP contribution in [0.2, 0.25) is 0 Å². The molecule has 0 bridgehead atoms. The lowest BCUT2D eigenvalue weighted by molar-refractivity contribution is -0.142. The molecule has 1 aromatic heterocycles. The molecule has 0 amide bonds. The summed E-state index contributed by atoms with van der Waals surface area (Å²) in [6.45, 7) is 6.11. The number of H-pyrrole nitrogens is 1. The summed E-state index contributed by atoms with van der Waals surface area (Å²) in [5.41, 5.74) is 5.70. The number of ether oxygens (including phenoxy) is 1. The van der Waals surface area contributed by atoms with Crippen molar-refractivity contribution < 1.29 is 9.53 Å². The number of benzene rings is 1. The van der Waals surface area contributed by atoms with Gasteiger partial charge in [0.05, 0.1) is 13.0 Å². The molecule has 1 N–H and O–H groups in total. The van der Waals surface area contributed by atoms with E-state index >= 15 is 0 Å². The summed E-state index contributed by atoms with van der Waals surface area (Å²) in [5.74, 6) is 6.15. The van der Waals surface area contributed by atoms with Gasteiger partial charge < -0.3 is 9.72 Å². The third kappa shape index (κ3) is 5.15. The van der Waals surface area contributed by atoms with Crippen LogP contribution < -0.4 is 0 Å². The number of aromatic amines is 1. The van der Waals surface area contributed by atoms with Crippen LogP contribution in [0, 0.1) is 11.8 Å². The zero-order valence-electron chi connectivity index (χ0n) is 18.8. The van der Waals surface area contributed by atoms with E-state index < -0.39 is 0 Å². The Morgan fingerprint density at radius 1 is 1.30 bits per heavy atom. The van der Waals surface area contributed by atoms with Gasteiger partial charge in [-0.3, -0.25) is 9.69 Å². The second kappa shape index (κ2) is 10.5. The van der Waals surface area contributed by atoms with Crippen molar-refractivity contribution in [3.8, 4) is 11.8 Å². The number of unbranched alkanes of at least 4 members (excludes halogenated alkanes) is 2. The first-order chi connectivity index (χ1) is 14.6. The largest absolute Gasteiger partial charge is 0.469 e. The minimum atomic E-state index is -0.280. The summed E-state index contributed by atoms with van der Waals surface area (Å²) in [6, 6.07) is 6.33. The molecule has 0 spiro atoms. The van der Waals surface area contributed by atoms with Gasteiger partial charge in [0.1, 0.15) is 0 Å². The Hall–Kier alpha value is -2.51. The average molecular weight is 407 g/mol. The van der Waals surface area contributed by atoms with E-state index in [1.165, 1.54) is 18.2 Å². The van der Waals surface area contributed by atoms with Crippen molar-refractivity contribution in [3.63, 3.8) is 0 Å². The maximum absolute atomic E-state index is 12.7. The molecule has 0 fully saturated rings. The molecule has 0 saturated carbocycles. The predicted molar refractivity (Wildman–Crippen MR) is 123 cm³/mol. The number of methoxy groups -OCH3 is 1. The first-order valence-electron chi connectivity index (χ1n) is 11.1. The van der Waals surface area contributed by atoms with Gasteiger partial charge in [0, 0.05) is 41.7 Å². The molecule has 4 heteroatoms. The summed E-state index contributed by atoms with van der Waals surface area (Å²) in [7, 11) is 3.63. The second-order valence-corrected chi connectivity index (χ2v) is 8.22. The quantitative estimate of drug-likeness (QED) is 0.314. The Morgan fingerprint density at radius 3 is 2.87 bits per heavy atom. The van der Waals surface area contributed by atoms with Crippen LogP contribution >= 0.6 is 0 Å². The van der Waals surface area contributed by atoms with Crippen LogP contribution in [0.3, 0.4) is 0 Å². The zero-order chi connectivity index (χ0) is 21.5. The van der Waals surface area contributed by atoms with Crippen molar-refractivity contribution in [2.24, 2.45) is 0 Å². The number of esters is 1. The van der Waals surface area contributed by atoms with E-state index in [9.17, 15) is 4.79 Å². The summed E-state index contributed by atoms with van der Waals surface area (Å²) >= 11 is 0. The molecule has 1 aromatic carbocycles. The summed E-state index contributed by atoms with van der Waals surface area (Å²) in [5, 5.41) is 1.16. The number of rotatable bonds is 4. The minimum Gasteiger partial charge on any atom is -0.469 e. The summed E-state index contributed by atoms with van der Waals surface area (Å²) in [6.07, 6.45) is 8.18. The van der Waals surface area contributed by atoms with E-state index in [-0.39, 0.29) is 11.9 Å². The monoisotopic (exact) mass is 406 g/mol. The molecule has 1 aliphatic heterocycles. The number of nitrogens with one attached hydrogen (secondary N) is 1. The Balaban J connectivity index is 2.07. The smallest absolute Gasteiger partial charge is 0.314 e. The van der Waals surface area contributed by atoms with Crippen molar-refractivity contribution in [1.82, 2.24) is 9.88 Å². The van der Waals surface area contributed by atoms with Crippen LogP contribution in [0.1, 0.15) is 75.1 Å². The number of nitrogens with zero attached hydrogens (tertiary/aromatic N) is 1. The van der Waals surface area contributed by atoms with Gasteiger partial charge in [-0.15, -0.1) is 0 Å². The van der Waals surface area contributed by atoms with Crippen LogP contribution in [0.15, 0.2) is 29.8 Å². The number of hydrogen-bond donors (Lipinski definition) is 1. The lowest BCUT2D eigenvalue weighted by Gasteiger charge is -2.23. The molecule has 0 radical (unpaired) electrons. The number of allylic oxidation sites excluding steroid dienone is 1. The Labute approximate surface area is 180 Å². The number of fused-ring (bicyclic) bond motifs is 3. The van der Waals surface area contributed by atoms with Crippen LogP contribution in [-0.4, -0.2) is 36.6 Å². The van der Waals surface area contributed by atoms with Crippen molar-refractivity contribution in [3.05, 3.63) is 46.7 Å². The predicted octanol–water partition coefficient (Wildman–Crippen LogP) is 5.53. The normalized spacial score (nSPS) is 19.3. The highest BCUT2D eigenvalue weighted by atomic mass is 16.5.